The van der Waals surface area contributed by atoms with Crippen molar-refractivity contribution in [2.24, 2.45) is 0 Å². The molecule has 1 aliphatic rings. The van der Waals surface area contributed by atoms with E-state index in [1.54, 1.807) is 0 Å². The number of non-ortho nitro benzene ring substituents is 1. The number of hydrogen-bond donors (Lipinski definition) is 0. The Morgan fingerprint density at radius 3 is 2.26 bits per heavy atom. The summed E-state index contributed by atoms with van der Waals surface area (Å²) in [5.41, 5.74) is -4.26. The number of alkyl halides is 3. The van der Waals surface area contributed by atoms with Gasteiger partial charge in [0.1, 0.15) is 11.9 Å². The summed E-state index contributed by atoms with van der Waals surface area (Å²) in [4.78, 5) is 10.3. The lowest BCUT2D eigenvalue weighted by Crippen LogP contribution is -2.26. The van der Waals surface area contributed by atoms with Crippen LogP contribution in [0.4, 0.5) is 18.9 Å². The molecule has 1 aliphatic heterocycles. The van der Waals surface area contributed by atoms with Gasteiger partial charge in [0.05, 0.1) is 11.0 Å². The van der Waals surface area contributed by atoms with Crippen LogP contribution in [0.2, 0.25) is 0 Å². The molecule has 2 atom stereocenters. The van der Waals surface area contributed by atoms with Crippen LogP contribution in [0.5, 0.6) is 0 Å². The fourth-order valence-electron chi connectivity index (χ4n) is 3.32. The van der Waals surface area contributed by atoms with E-state index in [1.807, 2.05) is 30.3 Å². The molecular formula is C20H18F3NO6S. The van der Waals surface area contributed by atoms with E-state index in [4.69, 9.17) is 4.74 Å². The third-order valence-corrected chi connectivity index (χ3v) is 5.88. The molecular weight excluding hydrogens is 439 g/mol. The highest BCUT2D eigenvalue weighted by Gasteiger charge is 2.49. The van der Waals surface area contributed by atoms with Crippen LogP contribution >= 0.6 is 0 Å². The van der Waals surface area contributed by atoms with Gasteiger partial charge in [0.15, 0.2) is 0 Å². The first kappa shape index (κ1) is 22.8. The number of hydrogen-bond acceptors (Lipinski definition) is 6. The summed E-state index contributed by atoms with van der Waals surface area (Å²) in [7, 11) is -5.84. The fourth-order valence-corrected chi connectivity index (χ4v) is 3.85. The minimum absolute atomic E-state index is 0.169. The SMILES string of the molecule is C/C(OS(=O)(=O)C(F)(F)F)=C1\CC[C@@H](c2ccccc2)O[C@@H]1c1ccc([N+](=O)[O-])cc1. The van der Waals surface area contributed by atoms with Gasteiger partial charge in [0, 0.05) is 17.7 Å². The Kier molecular flexibility index (Phi) is 6.37. The molecule has 0 aromatic heterocycles. The summed E-state index contributed by atoms with van der Waals surface area (Å²) in [6.07, 6.45) is -0.754. The molecule has 0 aliphatic carbocycles. The van der Waals surface area contributed by atoms with Crippen LogP contribution in [-0.2, 0) is 19.0 Å². The minimum atomic E-state index is -5.84. The number of benzene rings is 2. The highest BCUT2D eigenvalue weighted by Crippen LogP contribution is 2.44. The summed E-state index contributed by atoms with van der Waals surface area (Å²) in [5, 5.41) is 10.9. The Labute approximate surface area is 176 Å². The number of allylic oxidation sites excluding steroid dienone is 1. The van der Waals surface area contributed by atoms with Gasteiger partial charge < -0.3 is 8.92 Å². The molecule has 0 spiro atoms. The lowest BCUT2D eigenvalue weighted by molar-refractivity contribution is -0.384. The van der Waals surface area contributed by atoms with E-state index in [0.717, 1.165) is 12.5 Å². The molecule has 3 rings (SSSR count). The topological polar surface area (TPSA) is 95.7 Å². The molecule has 0 unspecified atom stereocenters. The molecule has 1 fully saturated rings. The van der Waals surface area contributed by atoms with E-state index in [-0.39, 0.29) is 17.7 Å². The Morgan fingerprint density at radius 1 is 1.10 bits per heavy atom. The zero-order valence-electron chi connectivity index (χ0n) is 16.2. The van der Waals surface area contributed by atoms with Crippen molar-refractivity contribution in [1.82, 2.24) is 0 Å². The number of halogens is 3. The third-order valence-electron chi connectivity index (χ3n) is 4.84. The monoisotopic (exact) mass is 457 g/mol. The molecule has 0 N–H and O–H groups in total. The van der Waals surface area contributed by atoms with Gasteiger partial charge in [-0.3, -0.25) is 10.1 Å². The molecule has 0 radical (unpaired) electrons. The Morgan fingerprint density at radius 2 is 1.71 bits per heavy atom. The van der Waals surface area contributed by atoms with Crippen LogP contribution < -0.4 is 0 Å². The summed E-state index contributed by atoms with van der Waals surface area (Å²) in [6.45, 7) is 1.13. The zero-order chi connectivity index (χ0) is 22.8. The van der Waals surface area contributed by atoms with Gasteiger partial charge in [0.25, 0.3) is 5.69 Å². The maximum atomic E-state index is 12.8. The van der Waals surface area contributed by atoms with E-state index in [9.17, 15) is 31.7 Å². The summed E-state index contributed by atoms with van der Waals surface area (Å²) >= 11 is 0. The number of nitrogens with zero attached hydrogens (tertiary/aromatic N) is 1. The van der Waals surface area contributed by atoms with E-state index in [2.05, 4.69) is 4.18 Å². The standard InChI is InChI=1S/C20H18F3NO6S/c1-13(30-31(27,28)20(21,22)23)17-11-12-18(14-5-3-2-4-6-14)29-19(17)15-7-9-16(10-8-15)24(25)26/h2-10,18-19H,11-12H2,1H3/b17-13-/t18-,19+/m0/s1. The van der Waals surface area contributed by atoms with Gasteiger partial charge in [-0.05, 0) is 43.0 Å². The van der Waals surface area contributed by atoms with Gasteiger partial charge in [0.2, 0.25) is 0 Å². The quantitative estimate of drug-likeness (QED) is 0.198. The van der Waals surface area contributed by atoms with Crippen molar-refractivity contribution in [1.29, 1.82) is 0 Å². The van der Waals surface area contributed by atoms with E-state index in [1.165, 1.54) is 24.3 Å². The summed E-state index contributed by atoms with van der Waals surface area (Å²) in [6, 6.07) is 14.4. The molecule has 0 amide bonds. The molecule has 0 bridgehead atoms. The van der Waals surface area contributed by atoms with Crippen molar-refractivity contribution in [3.05, 3.63) is 87.2 Å². The number of nitro groups is 1. The zero-order valence-corrected chi connectivity index (χ0v) is 17.0. The van der Waals surface area contributed by atoms with Crippen molar-refractivity contribution in [3.8, 4) is 0 Å². The maximum absolute atomic E-state index is 12.8. The highest BCUT2D eigenvalue weighted by atomic mass is 32.2. The van der Waals surface area contributed by atoms with Gasteiger partial charge >= 0.3 is 15.6 Å². The fraction of sp³-hybridized carbons (Fsp3) is 0.300. The minimum Gasteiger partial charge on any atom is -0.381 e. The van der Waals surface area contributed by atoms with Gasteiger partial charge in [-0.25, -0.2) is 0 Å². The maximum Gasteiger partial charge on any atom is 0.534 e. The Hall–Kier alpha value is -2.92. The molecule has 2 aromatic rings. The Bertz CT molecular complexity index is 1080. The third kappa shape index (κ3) is 5.05. The molecule has 11 heteroatoms. The molecule has 31 heavy (non-hydrogen) atoms. The predicted molar refractivity (Wildman–Crippen MR) is 104 cm³/mol. The molecule has 1 saturated heterocycles. The second kappa shape index (κ2) is 8.67. The van der Waals surface area contributed by atoms with Crippen molar-refractivity contribution in [2.45, 2.75) is 37.5 Å². The predicted octanol–water partition coefficient (Wildman–Crippen LogP) is 5.33. The van der Waals surface area contributed by atoms with Gasteiger partial charge in [-0.2, -0.15) is 21.6 Å². The van der Waals surface area contributed by atoms with E-state index >= 15 is 0 Å². The molecule has 1 heterocycles. The van der Waals surface area contributed by atoms with Gasteiger partial charge in [-0.1, -0.05) is 30.3 Å². The molecule has 7 nitrogen and oxygen atoms in total. The van der Waals surface area contributed by atoms with E-state index < -0.39 is 38.5 Å². The molecule has 2 aromatic carbocycles. The van der Waals surface area contributed by atoms with E-state index in [0.29, 0.717) is 12.0 Å². The first-order valence-corrected chi connectivity index (χ1v) is 10.6. The van der Waals surface area contributed by atoms with Crippen LogP contribution in [-0.4, -0.2) is 18.8 Å². The van der Waals surface area contributed by atoms with Crippen LogP contribution in [0, 0.1) is 10.1 Å². The number of nitro benzene ring substituents is 1. The smallest absolute Gasteiger partial charge is 0.381 e. The average molecular weight is 457 g/mol. The molecule has 166 valence electrons. The van der Waals surface area contributed by atoms with Crippen molar-refractivity contribution < 1.29 is 35.4 Å². The van der Waals surface area contributed by atoms with Crippen LogP contribution in [0.15, 0.2) is 65.9 Å². The second-order valence-electron chi connectivity index (χ2n) is 6.87. The molecule has 0 saturated carbocycles. The normalized spacial score (nSPS) is 21.4. The largest absolute Gasteiger partial charge is 0.534 e. The summed E-state index contributed by atoms with van der Waals surface area (Å²) in [5.74, 6) is -0.438. The van der Waals surface area contributed by atoms with Crippen LogP contribution in [0.1, 0.15) is 43.1 Å². The first-order chi connectivity index (χ1) is 14.5. The number of ether oxygens (including phenoxy) is 1. The van der Waals surface area contributed by atoms with Crippen molar-refractivity contribution >= 4 is 15.8 Å². The Balaban J connectivity index is 1.99. The van der Waals surface area contributed by atoms with Crippen LogP contribution in [0.25, 0.3) is 0 Å². The van der Waals surface area contributed by atoms with Crippen molar-refractivity contribution in [2.75, 3.05) is 0 Å². The average Bonchev–Trinajstić information content (AvgIpc) is 2.73. The lowest BCUT2D eigenvalue weighted by Gasteiger charge is -2.34. The lowest BCUT2D eigenvalue weighted by atomic mass is 9.90. The second-order valence-corrected chi connectivity index (χ2v) is 8.41. The van der Waals surface area contributed by atoms with Crippen molar-refractivity contribution in [3.63, 3.8) is 0 Å². The highest BCUT2D eigenvalue weighted by molar-refractivity contribution is 7.87. The van der Waals surface area contributed by atoms with Crippen LogP contribution in [0.3, 0.4) is 0 Å². The summed E-state index contributed by atoms with van der Waals surface area (Å²) < 4.78 is 71.6. The number of rotatable bonds is 5. The van der Waals surface area contributed by atoms with Gasteiger partial charge in [-0.15, -0.1) is 0 Å². The first-order valence-electron chi connectivity index (χ1n) is 9.15.